The number of para-hydroxylation sites is 1. The normalized spacial score (nSPS) is 9.89. The minimum atomic E-state index is -1.10. The number of hydrogen-bond acceptors (Lipinski definition) is 3. The molecule has 1 rings (SSSR count). The summed E-state index contributed by atoms with van der Waals surface area (Å²) in [5, 5.41) is 11.7. The molecule has 2 N–H and O–H groups in total. The molecular formula is C12H14ClNO4. The van der Waals surface area contributed by atoms with Crippen LogP contribution in [0.15, 0.2) is 18.2 Å². The molecule has 5 nitrogen and oxygen atoms in total. The highest BCUT2D eigenvalue weighted by molar-refractivity contribution is 6.32. The van der Waals surface area contributed by atoms with Crippen LogP contribution in [0.2, 0.25) is 5.02 Å². The molecule has 0 saturated heterocycles. The minimum Gasteiger partial charge on any atom is -0.491 e. The highest BCUT2D eigenvalue weighted by Crippen LogP contribution is 2.28. The lowest BCUT2D eigenvalue weighted by atomic mass is 10.2. The number of aromatic carboxylic acids is 1. The molecule has 0 saturated carbocycles. The fourth-order valence-corrected chi connectivity index (χ4v) is 1.59. The van der Waals surface area contributed by atoms with Gasteiger partial charge in [-0.3, -0.25) is 4.79 Å². The predicted octanol–water partition coefficient (Wildman–Crippen LogP) is 1.94. The number of halogens is 1. The SMILES string of the molecule is CNC(=O)CCCOc1c(Cl)cccc1C(=O)O. The van der Waals surface area contributed by atoms with Crippen molar-refractivity contribution in [3.8, 4) is 5.75 Å². The smallest absolute Gasteiger partial charge is 0.339 e. The van der Waals surface area contributed by atoms with Gasteiger partial charge in [-0.05, 0) is 18.6 Å². The lowest BCUT2D eigenvalue weighted by Gasteiger charge is -2.10. The van der Waals surface area contributed by atoms with Crippen molar-refractivity contribution in [3.05, 3.63) is 28.8 Å². The fourth-order valence-electron chi connectivity index (χ4n) is 1.36. The zero-order valence-corrected chi connectivity index (χ0v) is 10.7. The molecule has 0 aliphatic rings. The van der Waals surface area contributed by atoms with E-state index in [1.165, 1.54) is 6.07 Å². The Kier molecular flexibility index (Phi) is 5.45. The van der Waals surface area contributed by atoms with Gasteiger partial charge in [-0.1, -0.05) is 17.7 Å². The predicted molar refractivity (Wildman–Crippen MR) is 67.2 cm³/mol. The Morgan fingerprint density at radius 3 is 2.78 bits per heavy atom. The van der Waals surface area contributed by atoms with Crippen LogP contribution in [0.1, 0.15) is 23.2 Å². The van der Waals surface area contributed by atoms with Gasteiger partial charge in [0, 0.05) is 13.5 Å². The van der Waals surface area contributed by atoms with Crippen molar-refractivity contribution >= 4 is 23.5 Å². The fraction of sp³-hybridized carbons (Fsp3) is 0.333. The van der Waals surface area contributed by atoms with Gasteiger partial charge >= 0.3 is 5.97 Å². The first-order chi connectivity index (χ1) is 8.56. The largest absolute Gasteiger partial charge is 0.491 e. The third-order valence-corrected chi connectivity index (χ3v) is 2.57. The molecule has 0 aliphatic heterocycles. The van der Waals surface area contributed by atoms with Crippen molar-refractivity contribution in [2.75, 3.05) is 13.7 Å². The quantitative estimate of drug-likeness (QED) is 0.776. The van der Waals surface area contributed by atoms with Gasteiger partial charge in [-0.15, -0.1) is 0 Å². The molecular weight excluding hydrogens is 258 g/mol. The molecule has 1 aromatic carbocycles. The number of benzene rings is 1. The summed E-state index contributed by atoms with van der Waals surface area (Å²) in [6.07, 6.45) is 0.813. The topological polar surface area (TPSA) is 75.6 Å². The summed E-state index contributed by atoms with van der Waals surface area (Å²) < 4.78 is 5.33. The third kappa shape index (κ3) is 3.92. The summed E-state index contributed by atoms with van der Waals surface area (Å²) in [4.78, 5) is 21.9. The van der Waals surface area contributed by atoms with Crippen LogP contribution in [-0.2, 0) is 4.79 Å². The first-order valence-electron chi connectivity index (χ1n) is 5.41. The molecule has 18 heavy (non-hydrogen) atoms. The van der Waals surface area contributed by atoms with Gasteiger partial charge < -0.3 is 15.2 Å². The summed E-state index contributed by atoms with van der Waals surface area (Å²) in [5.41, 5.74) is 0.0162. The van der Waals surface area contributed by atoms with Gasteiger partial charge in [0.25, 0.3) is 0 Å². The second-order valence-corrected chi connectivity index (χ2v) is 3.95. The second kappa shape index (κ2) is 6.86. The van der Waals surface area contributed by atoms with Crippen LogP contribution in [0, 0.1) is 0 Å². The van der Waals surface area contributed by atoms with E-state index >= 15 is 0 Å². The van der Waals surface area contributed by atoms with Crippen LogP contribution < -0.4 is 10.1 Å². The van der Waals surface area contributed by atoms with Crippen molar-refractivity contribution < 1.29 is 19.4 Å². The summed E-state index contributed by atoms with van der Waals surface area (Å²) in [5.74, 6) is -1.04. The van der Waals surface area contributed by atoms with E-state index in [9.17, 15) is 9.59 Å². The number of ether oxygens (including phenoxy) is 1. The molecule has 0 aromatic heterocycles. The molecule has 1 amide bonds. The molecule has 98 valence electrons. The van der Waals surface area contributed by atoms with Crippen LogP contribution in [-0.4, -0.2) is 30.6 Å². The molecule has 0 spiro atoms. The van der Waals surface area contributed by atoms with E-state index in [1.807, 2.05) is 0 Å². The van der Waals surface area contributed by atoms with E-state index in [0.717, 1.165) is 0 Å². The van der Waals surface area contributed by atoms with E-state index in [2.05, 4.69) is 5.32 Å². The van der Waals surface area contributed by atoms with Crippen LogP contribution in [0.5, 0.6) is 5.75 Å². The summed E-state index contributed by atoms with van der Waals surface area (Å²) in [6, 6.07) is 4.52. The van der Waals surface area contributed by atoms with E-state index in [1.54, 1.807) is 19.2 Å². The maximum atomic E-state index is 11.0. The number of carboxylic acids is 1. The number of carbonyl (C=O) groups excluding carboxylic acids is 1. The monoisotopic (exact) mass is 271 g/mol. The van der Waals surface area contributed by atoms with E-state index in [-0.39, 0.29) is 28.8 Å². The lowest BCUT2D eigenvalue weighted by molar-refractivity contribution is -0.120. The number of carboxylic acid groups (broad SMARTS) is 1. The molecule has 6 heteroatoms. The molecule has 1 aromatic rings. The van der Waals surface area contributed by atoms with Gasteiger partial charge in [-0.25, -0.2) is 4.79 Å². The van der Waals surface area contributed by atoms with E-state index in [4.69, 9.17) is 21.4 Å². The average molecular weight is 272 g/mol. The van der Waals surface area contributed by atoms with Crippen molar-refractivity contribution in [1.29, 1.82) is 0 Å². The van der Waals surface area contributed by atoms with E-state index < -0.39 is 5.97 Å². The highest BCUT2D eigenvalue weighted by atomic mass is 35.5. The van der Waals surface area contributed by atoms with Crippen LogP contribution in [0.25, 0.3) is 0 Å². The summed E-state index contributed by atoms with van der Waals surface area (Å²) in [6.45, 7) is 0.234. The molecule has 0 aliphatic carbocycles. The van der Waals surface area contributed by atoms with Gasteiger partial charge in [0.1, 0.15) is 5.56 Å². The first kappa shape index (κ1) is 14.3. The minimum absolute atomic E-state index is 0.0162. The van der Waals surface area contributed by atoms with Gasteiger partial charge in [-0.2, -0.15) is 0 Å². The van der Waals surface area contributed by atoms with Crippen LogP contribution in [0.4, 0.5) is 0 Å². The Balaban J connectivity index is 2.61. The highest BCUT2D eigenvalue weighted by Gasteiger charge is 2.14. The maximum Gasteiger partial charge on any atom is 0.339 e. The average Bonchev–Trinajstić information content (AvgIpc) is 2.35. The zero-order valence-electron chi connectivity index (χ0n) is 9.90. The number of amides is 1. The van der Waals surface area contributed by atoms with Crippen molar-refractivity contribution in [2.45, 2.75) is 12.8 Å². The Hall–Kier alpha value is -1.75. The van der Waals surface area contributed by atoms with Gasteiger partial charge in [0.2, 0.25) is 5.91 Å². The van der Waals surface area contributed by atoms with Crippen LogP contribution in [0.3, 0.4) is 0 Å². The van der Waals surface area contributed by atoms with Crippen molar-refractivity contribution in [1.82, 2.24) is 5.32 Å². The van der Waals surface area contributed by atoms with Crippen molar-refractivity contribution in [3.63, 3.8) is 0 Å². The molecule has 0 unspecified atom stereocenters. The number of hydrogen-bond donors (Lipinski definition) is 2. The Bertz CT molecular complexity index is 448. The number of rotatable bonds is 6. The maximum absolute atomic E-state index is 11.0. The summed E-state index contributed by atoms with van der Waals surface area (Å²) in [7, 11) is 1.56. The Morgan fingerprint density at radius 2 is 2.17 bits per heavy atom. The standard InChI is InChI=1S/C12H14ClNO4/c1-14-10(15)6-3-7-18-11-8(12(16)17)4-2-5-9(11)13/h2,4-5H,3,6-7H2,1H3,(H,14,15)(H,16,17). The summed E-state index contributed by atoms with van der Waals surface area (Å²) >= 11 is 5.87. The molecule has 0 radical (unpaired) electrons. The molecule has 0 fully saturated rings. The molecule has 0 atom stereocenters. The zero-order chi connectivity index (χ0) is 13.5. The van der Waals surface area contributed by atoms with Crippen molar-refractivity contribution in [2.24, 2.45) is 0 Å². The lowest BCUT2D eigenvalue weighted by Crippen LogP contribution is -2.18. The Morgan fingerprint density at radius 1 is 1.44 bits per heavy atom. The molecule has 0 heterocycles. The third-order valence-electron chi connectivity index (χ3n) is 2.27. The molecule has 0 bridgehead atoms. The van der Waals surface area contributed by atoms with E-state index in [0.29, 0.717) is 12.8 Å². The number of nitrogens with one attached hydrogen (secondary N) is 1. The number of carbonyl (C=O) groups is 2. The van der Waals surface area contributed by atoms with Crippen LogP contribution >= 0.6 is 11.6 Å². The Labute approximate surface area is 110 Å². The second-order valence-electron chi connectivity index (χ2n) is 3.55. The van der Waals surface area contributed by atoms with Gasteiger partial charge in [0.05, 0.1) is 11.6 Å². The van der Waals surface area contributed by atoms with Gasteiger partial charge in [0.15, 0.2) is 5.75 Å². The first-order valence-corrected chi connectivity index (χ1v) is 5.79.